The van der Waals surface area contributed by atoms with Crippen molar-refractivity contribution in [3.8, 4) is 0 Å². The van der Waals surface area contributed by atoms with E-state index < -0.39 is 0 Å². The van der Waals surface area contributed by atoms with Gasteiger partial charge in [-0.25, -0.2) is 0 Å². The van der Waals surface area contributed by atoms with Crippen molar-refractivity contribution < 1.29 is 0 Å². The first-order valence-corrected chi connectivity index (χ1v) is 6.68. The van der Waals surface area contributed by atoms with Crippen LogP contribution in [0.5, 0.6) is 0 Å². The summed E-state index contributed by atoms with van der Waals surface area (Å²) in [5.74, 6) is 0. The highest BCUT2D eigenvalue weighted by molar-refractivity contribution is 6.33. The lowest BCUT2D eigenvalue weighted by Gasteiger charge is -2.31. The Kier molecular flexibility index (Phi) is 5.79. The van der Waals surface area contributed by atoms with Gasteiger partial charge in [-0.3, -0.25) is 0 Å². The highest BCUT2D eigenvalue weighted by Crippen LogP contribution is 2.31. The summed E-state index contributed by atoms with van der Waals surface area (Å²) in [6.07, 6.45) is 2.27. The zero-order valence-electron chi connectivity index (χ0n) is 11.3. The highest BCUT2D eigenvalue weighted by Gasteiger charge is 2.16. The Labute approximate surface area is 110 Å². The van der Waals surface area contributed by atoms with Crippen LogP contribution in [0.25, 0.3) is 0 Å². The number of nitrogens with zero attached hydrogens (tertiary/aromatic N) is 1. The van der Waals surface area contributed by atoms with Crippen LogP contribution in [-0.2, 0) is 6.54 Å². The number of anilines is 1. The van der Waals surface area contributed by atoms with Gasteiger partial charge in [0, 0.05) is 19.6 Å². The fraction of sp³-hybridized carbons (Fsp3) is 0.571. The summed E-state index contributed by atoms with van der Waals surface area (Å²) in [4.78, 5) is 2.31. The second kappa shape index (κ2) is 6.87. The third kappa shape index (κ3) is 3.36. The number of hydrogen-bond donors (Lipinski definition) is 1. The molecule has 0 bridgehead atoms. The molecule has 0 spiro atoms. The largest absolute Gasteiger partial charge is 0.370 e. The molecule has 0 amide bonds. The summed E-state index contributed by atoms with van der Waals surface area (Å²) in [6.45, 7) is 5.29. The Bertz CT molecular complexity index is 348. The van der Waals surface area contributed by atoms with E-state index in [1.54, 1.807) is 0 Å². The van der Waals surface area contributed by atoms with Gasteiger partial charge in [0.2, 0.25) is 0 Å². The summed E-state index contributed by atoms with van der Waals surface area (Å²) in [5, 5.41) is 4.04. The summed E-state index contributed by atoms with van der Waals surface area (Å²) in [5.41, 5.74) is 2.42. The molecule has 0 aliphatic rings. The van der Waals surface area contributed by atoms with Crippen molar-refractivity contribution in [2.75, 3.05) is 19.0 Å². The van der Waals surface area contributed by atoms with Crippen LogP contribution >= 0.6 is 11.6 Å². The quantitative estimate of drug-likeness (QED) is 0.833. The van der Waals surface area contributed by atoms with Crippen LogP contribution in [0.15, 0.2) is 18.2 Å². The molecule has 0 saturated heterocycles. The van der Waals surface area contributed by atoms with E-state index in [1.807, 2.05) is 19.2 Å². The van der Waals surface area contributed by atoms with Gasteiger partial charge in [-0.1, -0.05) is 37.6 Å². The van der Waals surface area contributed by atoms with Gasteiger partial charge in [0.05, 0.1) is 10.7 Å². The predicted octanol–water partition coefficient (Wildman–Crippen LogP) is 3.68. The Morgan fingerprint density at radius 2 is 1.94 bits per heavy atom. The molecular formula is C14H23ClN2. The second-order valence-electron chi connectivity index (χ2n) is 4.36. The maximum atomic E-state index is 6.35. The Balaban J connectivity index is 3.09. The molecule has 0 fully saturated rings. The molecule has 1 aromatic carbocycles. The topological polar surface area (TPSA) is 15.3 Å². The standard InChI is InChI=1S/C14H23ClN2/c1-5-12(6-2)17(4)14-11(10-16-3)8-7-9-13(14)15/h7-9,12,16H,5-6,10H2,1-4H3. The van der Waals surface area contributed by atoms with Crippen LogP contribution in [0.3, 0.4) is 0 Å². The number of nitrogens with one attached hydrogen (secondary N) is 1. The molecule has 17 heavy (non-hydrogen) atoms. The van der Waals surface area contributed by atoms with Gasteiger partial charge in [0.15, 0.2) is 0 Å². The molecule has 1 aromatic rings. The molecule has 3 heteroatoms. The Morgan fingerprint density at radius 1 is 1.29 bits per heavy atom. The lowest BCUT2D eigenvalue weighted by Crippen LogP contribution is -2.31. The molecule has 96 valence electrons. The molecule has 0 saturated carbocycles. The number of benzene rings is 1. The second-order valence-corrected chi connectivity index (χ2v) is 4.77. The molecule has 1 rings (SSSR count). The summed E-state index contributed by atoms with van der Waals surface area (Å²) >= 11 is 6.35. The van der Waals surface area contributed by atoms with Crippen molar-refractivity contribution in [2.24, 2.45) is 0 Å². The van der Waals surface area contributed by atoms with Crippen molar-refractivity contribution in [2.45, 2.75) is 39.3 Å². The SMILES string of the molecule is CCC(CC)N(C)c1c(Cl)cccc1CNC. The van der Waals surface area contributed by atoms with Crippen LogP contribution in [0, 0.1) is 0 Å². The summed E-state index contributed by atoms with van der Waals surface area (Å²) < 4.78 is 0. The van der Waals surface area contributed by atoms with Crippen LogP contribution in [0.2, 0.25) is 5.02 Å². The van der Waals surface area contributed by atoms with Gasteiger partial charge in [-0.15, -0.1) is 0 Å². The van der Waals surface area contributed by atoms with E-state index in [4.69, 9.17) is 11.6 Å². The van der Waals surface area contributed by atoms with E-state index in [2.05, 4.69) is 37.2 Å². The van der Waals surface area contributed by atoms with E-state index in [1.165, 1.54) is 5.56 Å². The van der Waals surface area contributed by atoms with E-state index in [0.29, 0.717) is 6.04 Å². The molecule has 0 heterocycles. The van der Waals surface area contributed by atoms with Crippen molar-refractivity contribution in [3.63, 3.8) is 0 Å². The number of rotatable bonds is 6. The normalized spacial score (nSPS) is 10.9. The fourth-order valence-corrected chi connectivity index (χ4v) is 2.63. The van der Waals surface area contributed by atoms with Crippen LogP contribution in [0.1, 0.15) is 32.3 Å². The van der Waals surface area contributed by atoms with Gasteiger partial charge in [0.25, 0.3) is 0 Å². The van der Waals surface area contributed by atoms with Gasteiger partial charge >= 0.3 is 0 Å². The smallest absolute Gasteiger partial charge is 0.0642 e. The minimum absolute atomic E-state index is 0.547. The third-order valence-electron chi connectivity index (χ3n) is 3.28. The van der Waals surface area contributed by atoms with Crippen LogP contribution < -0.4 is 10.2 Å². The van der Waals surface area contributed by atoms with E-state index in [9.17, 15) is 0 Å². The first-order chi connectivity index (χ1) is 8.15. The third-order valence-corrected chi connectivity index (χ3v) is 3.59. The van der Waals surface area contributed by atoms with Crippen LogP contribution in [0.4, 0.5) is 5.69 Å². The number of para-hydroxylation sites is 1. The molecule has 0 aliphatic heterocycles. The molecule has 0 aromatic heterocycles. The first kappa shape index (κ1) is 14.3. The molecule has 0 unspecified atom stereocenters. The van der Waals surface area contributed by atoms with Crippen LogP contribution in [-0.4, -0.2) is 20.1 Å². The lowest BCUT2D eigenvalue weighted by atomic mass is 10.1. The Hall–Kier alpha value is -0.730. The van der Waals surface area contributed by atoms with Crippen molar-refractivity contribution >= 4 is 17.3 Å². The molecule has 0 radical (unpaired) electrons. The van der Waals surface area contributed by atoms with Gasteiger partial charge in [-0.2, -0.15) is 0 Å². The van der Waals surface area contributed by atoms with Crippen molar-refractivity contribution in [3.05, 3.63) is 28.8 Å². The molecular weight excluding hydrogens is 232 g/mol. The Morgan fingerprint density at radius 3 is 2.47 bits per heavy atom. The maximum absolute atomic E-state index is 6.35. The van der Waals surface area contributed by atoms with Gasteiger partial charge < -0.3 is 10.2 Å². The fourth-order valence-electron chi connectivity index (χ4n) is 2.31. The minimum atomic E-state index is 0.547. The molecule has 2 nitrogen and oxygen atoms in total. The number of hydrogen-bond acceptors (Lipinski definition) is 2. The minimum Gasteiger partial charge on any atom is -0.370 e. The van der Waals surface area contributed by atoms with E-state index >= 15 is 0 Å². The average Bonchev–Trinajstić information content (AvgIpc) is 2.31. The summed E-state index contributed by atoms with van der Waals surface area (Å²) in [7, 11) is 4.10. The van der Waals surface area contributed by atoms with Crippen molar-refractivity contribution in [1.82, 2.24) is 5.32 Å². The summed E-state index contributed by atoms with van der Waals surface area (Å²) in [6, 6.07) is 6.66. The average molecular weight is 255 g/mol. The first-order valence-electron chi connectivity index (χ1n) is 6.30. The predicted molar refractivity (Wildman–Crippen MR) is 77.0 cm³/mol. The van der Waals surface area contributed by atoms with Gasteiger partial charge in [-0.05, 0) is 31.5 Å². The molecule has 0 aliphatic carbocycles. The van der Waals surface area contributed by atoms with E-state index in [0.717, 1.165) is 30.1 Å². The van der Waals surface area contributed by atoms with Gasteiger partial charge in [0.1, 0.15) is 0 Å². The molecule has 0 atom stereocenters. The maximum Gasteiger partial charge on any atom is 0.0642 e. The zero-order chi connectivity index (χ0) is 12.8. The molecule has 1 N–H and O–H groups in total. The monoisotopic (exact) mass is 254 g/mol. The number of halogens is 1. The zero-order valence-corrected chi connectivity index (χ0v) is 12.0. The lowest BCUT2D eigenvalue weighted by molar-refractivity contribution is 0.589. The highest BCUT2D eigenvalue weighted by atomic mass is 35.5. The van der Waals surface area contributed by atoms with Crippen molar-refractivity contribution in [1.29, 1.82) is 0 Å². The van der Waals surface area contributed by atoms with E-state index in [-0.39, 0.29) is 0 Å².